The Morgan fingerprint density at radius 1 is 1.17 bits per heavy atom. The lowest BCUT2D eigenvalue weighted by molar-refractivity contribution is -0.0517. The van der Waals surface area contributed by atoms with Crippen molar-refractivity contribution < 1.29 is 15.3 Å². The maximum atomic E-state index is 9.21. The minimum Gasteiger partial charge on any atom is -0.390 e. The first-order valence-corrected chi connectivity index (χ1v) is 3.43. The molecule has 0 heterocycles. The van der Waals surface area contributed by atoms with E-state index < -0.39 is 24.4 Å². The van der Waals surface area contributed by atoms with E-state index >= 15 is 0 Å². The van der Waals surface area contributed by atoms with Crippen molar-refractivity contribution in [2.24, 2.45) is 5.11 Å². The van der Waals surface area contributed by atoms with Gasteiger partial charge < -0.3 is 15.3 Å². The molecule has 0 saturated carbocycles. The third-order valence-electron chi connectivity index (χ3n) is 1.74. The summed E-state index contributed by atoms with van der Waals surface area (Å²) in [5, 5.41) is 30.5. The van der Waals surface area contributed by atoms with Gasteiger partial charge in [-0.3, -0.25) is 0 Å². The Kier molecular flexibility index (Phi) is 2.67. The van der Waals surface area contributed by atoms with Crippen LogP contribution in [0.5, 0.6) is 0 Å². The maximum Gasteiger partial charge on any atom is 0.110 e. The number of aliphatic hydroxyl groups is 3. The fraction of sp³-hybridized carbons (Fsp3) is 0.667. The van der Waals surface area contributed by atoms with Gasteiger partial charge in [0, 0.05) is 4.91 Å². The number of hydrogen-bond acceptors (Lipinski definition) is 4. The summed E-state index contributed by atoms with van der Waals surface area (Å²) in [5.41, 5.74) is 8.06. The molecule has 0 spiro atoms. The van der Waals surface area contributed by atoms with Crippen molar-refractivity contribution in [1.82, 2.24) is 0 Å². The van der Waals surface area contributed by atoms with E-state index in [-0.39, 0.29) is 0 Å². The van der Waals surface area contributed by atoms with Gasteiger partial charge in [-0.1, -0.05) is 17.3 Å². The highest BCUT2D eigenvalue weighted by Crippen LogP contribution is 2.16. The van der Waals surface area contributed by atoms with E-state index in [0.717, 1.165) is 0 Å². The fourth-order valence-corrected chi connectivity index (χ4v) is 1.03. The van der Waals surface area contributed by atoms with Crippen molar-refractivity contribution in [3.8, 4) is 0 Å². The van der Waals surface area contributed by atoms with Gasteiger partial charge >= 0.3 is 0 Å². The highest BCUT2D eigenvalue weighted by atomic mass is 16.4. The molecule has 1 aliphatic carbocycles. The zero-order chi connectivity index (χ0) is 9.14. The number of nitrogens with zero attached hydrogens (tertiary/aromatic N) is 3. The van der Waals surface area contributed by atoms with Crippen LogP contribution in [0.25, 0.3) is 10.4 Å². The zero-order valence-corrected chi connectivity index (χ0v) is 6.15. The van der Waals surface area contributed by atoms with Crippen molar-refractivity contribution in [2.45, 2.75) is 24.4 Å². The molecule has 66 valence electrons. The van der Waals surface area contributed by atoms with E-state index in [2.05, 4.69) is 10.0 Å². The SMILES string of the molecule is [N-]=[N+]=N[C@H]1C=C[C@H](O)[C@@H](O)[C@@H]1O. The summed E-state index contributed by atoms with van der Waals surface area (Å²) in [5.74, 6) is 0. The second kappa shape index (κ2) is 3.55. The molecule has 0 bridgehead atoms. The van der Waals surface area contributed by atoms with E-state index in [1.807, 2.05) is 0 Å². The van der Waals surface area contributed by atoms with Gasteiger partial charge in [-0.05, 0) is 5.53 Å². The monoisotopic (exact) mass is 171 g/mol. The Hall–Kier alpha value is -1.07. The van der Waals surface area contributed by atoms with Gasteiger partial charge in [-0.15, -0.1) is 0 Å². The van der Waals surface area contributed by atoms with Gasteiger partial charge in [-0.2, -0.15) is 0 Å². The lowest BCUT2D eigenvalue weighted by atomic mass is 9.95. The predicted octanol–water partition coefficient (Wildman–Crippen LogP) is -0.682. The van der Waals surface area contributed by atoms with Gasteiger partial charge in [0.25, 0.3) is 0 Å². The van der Waals surface area contributed by atoms with E-state index in [9.17, 15) is 5.11 Å². The van der Waals surface area contributed by atoms with Gasteiger partial charge in [0.1, 0.15) is 12.2 Å². The average molecular weight is 171 g/mol. The first kappa shape index (κ1) is 9.02. The molecule has 0 unspecified atom stereocenters. The lowest BCUT2D eigenvalue weighted by Gasteiger charge is -2.27. The molecule has 3 N–H and O–H groups in total. The molecule has 0 amide bonds. The van der Waals surface area contributed by atoms with Crippen molar-refractivity contribution >= 4 is 0 Å². The van der Waals surface area contributed by atoms with Crippen molar-refractivity contribution in [2.75, 3.05) is 0 Å². The third-order valence-corrected chi connectivity index (χ3v) is 1.74. The van der Waals surface area contributed by atoms with E-state index in [1.165, 1.54) is 12.2 Å². The molecule has 6 nitrogen and oxygen atoms in total. The molecule has 6 heteroatoms. The number of azide groups is 1. The Morgan fingerprint density at radius 3 is 2.42 bits per heavy atom. The second-order valence-corrected chi connectivity index (χ2v) is 2.55. The second-order valence-electron chi connectivity index (χ2n) is 2.55. The van der Waals surface area contributed by atoms with Crippen molar-refractivity contribution in [3.05, 3.63) is 22.6 Å². The number of aliphatic hydroxyl groups excluding tert-OH is 3. The highest BCUT2D eigenvalue weighted by Gasteiger charge is 2.31. The van der Waals surface area contributed by atoms with E-state index in [4.69, 9.17) is 15.7 Å². The Balaban J connectivity index is 2.80. The van der Waals surface area contributed by atoms with Crippen molar-refractivity contribution in [3.63, 3.8) is 0 Å². The van der Waals surface area contributed by atoms with Crippen LogP contribution in [-0.2, 0) is 0 Å². The highest BCUT2D eigenvalue weighted by molar-refractivity contribution is 5.10. The summed E-state index contributed by atoms with van der Waals surface area (Å²) < 4.78 is 0. The van der Waals surface area contributed by atoms with Crippen LogP contribution in [0.4, 0.5) is 0 Å². The number of rotatable bonds is 1. The molecule has 0 fully saturated rings. The summed E-state index contributed by atoms with van der Waals surface area (Å²) >= 11 is 0. The molecule has 0 radical (unpaired) electrons. The van der Waals surface area contributed by atoms with Crippen LogP contribution in [0.1, 0.15) is 0 Å². The molecular formula is C6H9N3O3. The number of hydrogen-bond donors (Lipinski definition) is 3. The average Bonchev–Trinajstić information content (AvgIpc) is 2.07. The largest absolute Gasteiger partial charge is 0.390 e. The van der Waals surface area contributed by atoms with Crippen LogP contribution in [0.2, 0.25) is 0 Å². The maximum absolute atomic E-state index is 9.21. The molecule has 1 rings (SSSR count). The van der Waals surface area contributed by atoms with Crippen LogP contribution < -0.4 is 0 Å². The molecule has 4 atom stereocenters. The molecule has 12 heavy (non-hydrogen) atoms. The van der Waals surface area contributed by atoms with Gasteiger partial charge in [-0.25, -0.2) is 0 Å². The lowest BCUT2D eigenvalue weighted by Crippen LogP contribution is -2.45. The summed E-state index contributed by atoms with van der Waals surface area (Å²) in [7, 11) is 0. The van der Waals surface area contributed by atoms with Crippen LogP contribution in [0.3, 0.4) is 0 Å². The van der Waals surface area contributed by atoms with Gasteiger partial charge in [0.05, 0.1) is 12.1 Å². The third kappa shape index (κ3) is 1.57. The molecule has 1 aliphatic rings. The minimum atomic E-state index is -1.29. The summed E-state index contributed by atoms with van der Waals surface area (Å²) in [6.07, 6.45) is -0.963. The standard InChI is InChI=1S/C6H9N3O3/c7-9-8-3-1-2-4(10)6(12)5(3)11/h1-6,10-12H/t3-,4-,5+,6+/m0/s1. The first-order valence-electron chi connectivity index (χ1n) is 3.43. The molecule has 0 aliphatic heterocycles. The summed E-state index contributed by atoms with van der Waals surface area (Å²) in [4.78, 5) is 2.49. The van der Waals surface area contributed by atoms with Crippen LogP contribution in [0.15, 0.2) is 17.3 Å². The zero-order valence-electron chi connectivity index (χ0n) is 6.15. The molecular weight excluding hydrogens is 162 g/mol. The molecule has 0 aromatic rings. The smallest absolute Gasteiger partial charge is 0.110 e. The first-order chi connectivity index (χ1) is 5.66. The van der Waals surface area contributed by atoms with Crippen LogP contribution in [-0.4, -0.2) is 39.7 Å². The Morgan fingerprint density at radius 2 is 1.83 bits per heavy atom. The quantitative estimate of drug-likeness (QED) is 0.210. The molecule has 0 saturated heterocycles. The minimum absolute atomic E-state index is 0.798. The summed E-state index contributed by atoms with van der Waals surface area (Å²) in [6, 6.07) is -0.798. The van der Waals surface area contributed by atoms with E-state index in [1.54, 1.807) is 0 Å². The summed E-state index contributed by atoms with van der Waals surface area (Å²) in [6.45, 7) is 0. The predicted molar refractivity (Wildman–Crippen MR) is 40.1 cm³/mol. The Labute approximate surface area is 68.4 Å². The van der Waals surface area contributed by atoms with Gasteiger partial charge in [0.15, 0.2) is 0 Å². The van der Waals surface area contributed by atoms with E-state index in [0.29, 0.717) is 0 Å². The van der Waals surface area contributed by atoms with Crippen LogP contribution in [0, 0.1) is 0 Å². The molecule has 0 aromatic heterocycles. The topological polar surface area (TPSA) is 109 Å². The van der Waals surface area contributed by atoms with Crippen molar-refractivity contribution in [1.29, 1.82) is 0 Å². The van der Waals surface area contributed by atoms with Gasteiger partial charge in [0.2, 0.25) is 0 Å². The molecule has 0 aromatic carbocycles. The van der Waals surface area contributed by atoms with Crippen LogP contribution >= 0.6 is 0 Å². The Bertz CT molecular complexity index is 236. The normalized spacial score (nSPS) is 40.6. The fourth-order valence-electron chi connectivity index (χ4n) is 1.03.